The summed E-state index contributed by atoms with van der Waals surface area (Å²) in [4.78, 5) is 28.5. The molecule has 0 saturated carbocycles. The first-order valence-electron chi connectivity index (χ1n) is 9.25. The molecule has 0 saturated heterocycles. The van der Waals surface area contributed by atoms with Crippen LogP contribution in [0.4, 0.5) is 10.8 Å². The minimum atomic E-state index is -0.278. The van der Waals surface area contributed by atoms with E-state index in [4.69, 9.17) is 4.74 Å². The highest BCUT2D eigenvalue weighted by molar-refractivity contribution is 7.14. The molecule has 4 rings (SSSR count). The van der Waals surface area contributed by atoms with Gasteiger partial charge < -0.3 is 10.1 Å². The fraction of sp³-hybridized carbons (Fsp3) is 0.0870. The van der Waals surface area contributed by atoms with Crippen LogP contribution in [0.25, 0.3) is 22.0 Å². The number of carbonyl (C=O) groups is 2. The van der Waals surface area contributed by atoms with E-state index in [1.54, 1.807) is 7.11 Å². The maximum absolute atomic E-state index is 12.9. The van der Waals surface area contributed by atoms with Crippen molar-refractivity contribution in [3.05, 3.63) is 71.6 Å². The molecular weight excluding hydrogens is 398 g/mol. The Morgan fingerprint density at radius 2 is 1.67 bits per heavy atom. The van der Waals surface area contributed by atoms with Gasteiger partial charge in [0.15, 0.2) is 5.13 Å². The number of hydrogen-bond donors (Lipinski definition) is 2. The second-order valence-electron chi connectivity index (χ2n) is 6.65. The van der Waals surface area contributed by atoms with Crippen LogP contribution in [0, 0.1) is 0 Å². The molecule has 6 nitrogen and oxygen atoms in total. The topological polar surface area (TPSA) is 80.3 Å². The van der Waals surface area contributed by atoms with Gasteiger partial charge in [0.1, 0.15) is 5.75 Å². The summed E-state index contributed by atoms with van der Waals surface area (Å²) >= 11 is 1.35. The number of nitrogens with one attached hydrogen (secondary N) is 2. The number of aromatic nitrogens is 1. The van der Waals surface area contributed by atoms with Crippen molar-refractivity contribution in [3.8, 4) is 17.0 Å². The predicted molar refractivity (Wildman–Crippen MR) is 120 cm³/mol. The fourth-order valence-electron chi connectivity index (χ4n) is 3.12. The summed E-state index contributed by atoms with van der Waals surface area (Å²) in [6.45, 7) is 1.47. The quantitative estimate of drug-likeness (QED) is 0.469. The van der Waals surface area contributed by atoms with Gasteiger partial charge >= 0.3 is 0 Å². The molecule has 4 aromatic rings. The number of nitrogens with zero attached hydrogens (tertiary/aromatic N) is 1. The van der Waals surface area contributed by atoms with E-state index < -0.39 is 0 Å². The van der Waals surface area contributed by atoms with E-state index in [1.165, 1.54) is 18.3 Å². The lowest BCUT2D eigenvalue weighted by atomic mass is 10.1. The Morgan fingerprint density at radius 3 is 2.33 bits per heavy atom. The predicted octanol–water partition coefficient (Wildman–Crippen LogP) is 5.18. The van der Waals surface area contributed by atoms with Gasteiger partial charge in [-0.3, -0.25) is 14.9 Å². The monoisotopic (exact) mass is 417 g/mol. The zero-order valence-electron chi connectivity index (χ0n) is 16.4. The molecule has 0 aliphatic heterocycles. The first kappa shape index (κ1) is 19.6. The van der Waals surface area contributed by atoms with Gasteiger partial charge in [-0.25, -0.2) is 4.98 Å². The smallest absolute Gasteiger partial charge is 0.261 e. The molecule has 0 unspecified atom stereocenters. The average molecular weight is 417 g/mol. The molecule has 3 aromatic carbocycles. The van der Waals surface area contributed by atoms with E-state index in [-0.39, 0.29) is 11.8 Å². The lowest BCUT2D eigenvalue weighted by molar-refractivity contribution is -0.114. The first-order chi connectivity index (χ1) is 14.5. The van der Waals surface area contributed by atoms with Crippen molar-refractivity contribution in [2.75, 3.05) is 17.7 Å². The number of rotatable bonds is 5. The highest BCUT2D eigenvalue weighted by Gasteiger charge is 2.16. The van der Waals surface area contributed by atoms with Gasteiger partial charge in [-0.05, 0) is 35.0 Å². The fourth-order valence-corrected chi connectivity index (χ4v) is 3.84. The summed E-state index contributed by atoms with van der Waals surface area (Å²) in [5.41, 5.74) is 2.81. The average Bonchev–Trinajstić information content (AvgIpc) is 3.21. The number of benzene rings is 3. The Balaban J connectivity index is 1.54. The largest absolute Gasteiger partial charge is 0.496 e. The van der Waals surface area contributed by atoms with E-state index in [2.05, 4.69) is 15.6 Å². The molecule has 0 aliphatic rings. The number of anilines is 2. The van der Waals surface area contributed by atoms with Crippen LogP contribution < -0.4 is 15.4 Å². The summed E-state index contributed by atoms with van der Waals surface area (Å²) in [6.07, 6.45) is 0. The number of methoxy groups -OCH3 is 1. The number of fused-ring (bicyclic) bond motifs is 1. The van der Waals surface area contributed by atoms with E-state index >= 15 is 0 Å². The zero-order valence-corrected chi connectivity index (χ0v) is 17.2. The minimum absolute atomic E-state index is 0.120. The number of carbonyl (C=O) groups excluding carboxylic acids is 2. The maximum Gasteiger partial charge on any atom is 0.261 e. The van der Waals surface area contributed by atoms with Gasteiger partial charge in [-0.15, -0.1) is 11.3 Å². The molecule has 0 atom stereocenters. The number of amides is 2. The zero-order chi connectivity index (χ0) is 21.1. The molecule has 7 heteroatoms. The van der Waals surface area contributed by atoms with E-state index in [1.807, 2.05) is 66.0 Å². The second-order valence-corrected chi connectivity index (χ2v) is 7.51. The van der Waals surface area contributed by atoms with Crippen molar-refractivity contribution in [2.45, 2.75) is 6.92 Å². The molecule has 0 fully saturated rings. The van der Waals surface area contributed by atoms with Crippen molar-refractivity contribution in [2.24, 2.45) is 0 Å². The van der Waals surface area contributed by atoms with Gasteiger partial charge in [0.25, 0.3) is 5.91 Å². The van der Waals surface area contributed by atoms with Crippen molar-refractivity contribution >= 4 is 44.7 Å². The van der Waals surface area contributed by atoms with Crippen LogP contribution in [0.1, 0.15) is 17.3 Å². The molecule has 30 heavy (non-hydrogen) atoms. The molecular formula is C23H19N3O3S. The van der Waals surface area contributed by atoms with Crippen LogP contribution >= 0.6 is 11.3 Å². The first-order valence-corrected chi connectivity index (χ1v) is 10.1. The van der Waals surface area contributed by atoms with Gasteiger partial charge in [-0.1, -0.05) is 36.4 Å². The summed E-state index contributed by atoms with van der Waals surface area (Å²) in [6, 6.07) is 18.9. The summed E-state index contributed by atoms with van der Waals surface area (Å²) in [7, 11) is 1.55. The van der Waals surface area contributed by atoms with E-state index in [0.29, 0.717) is 16.4 Å². The Kier molecular flexibility index (Phi) is 5.45. The lowest BCUT2D eigenvalue weighted by Crippen LogP contribution is -2.13. The molecule has 2 N–H and O–H groups in total. The van der Waals surface area contributed by atoms with Crippen LogP contribution in [0.3, 0.4) is 0 Å². The number of hydrogen-bond acceptors (Lipinski definition) is 5. The van der Waals surface area contributed by atoms with Crippen molar-refractivity contribution in [1.82, 2.24) is 4.98 Å². The van der Waals surface area contributed by atoms with Crippen molar-refractivity contribution < 1.29 is 14.3 Å². The van der Waals surface area contributed by atoms with E-state index in [9.17, 15) is 9.59 Å². The van der Waals surface area contributed by atoms with Crippen LogP contribution in [0.15, 0.2) is 66.0 Å². The number of thiazole rings is 1. The Hall–Kier alpha value is -3.71. The Morgan fingerprint density at radius 1 is 0.967 bits per heavy atom. The molecule has 150 valence electrons. The SMILES string of the molecule is COc1cc2ccccc2cc1C(=O)Nc1nc(-c2ccc(NC(C)=O)cc2)cs1. The van der Waals surface area contributed by atoms with Crippen LogP contribution in [0.2, 0.25) is 0 Å². The third-order valence-electron chi connectivity index (χ3n) is 4.54. The van der Waals surface area contributed by atoms with Crippen molar-refractivity contribution in [3.63, 3.8) is 0 Å². The second kappa shape index (κ2) is 8.34. The molecule has 0 radical (unpaired) electrons. The van der Waals surface area contributed by atoms with Gasteiger partial charge in [-0.2, -0.15) is 0 Å². The third kappa shape index (κ3) is 4.16. The van der Waals surface area contributed by atoms with Crippen LogP contribution in [-0.4, -0.2) is 23.9 Å². The van der Waals surface area contributed by atoms with Gasteiger partial charge in [0.2, 0.25) is 5.91 Å². The highest BCUT2D eigenvalue weighted by atomic mass is 32.1. The highest BCUT2D eigenvalue weighted by Crippen LogP contribution is 2.29. The van der Waals surface area contributed by atoms with E-state index in [0.717, 1.165) is 27.7 Å². The maximum atomic E-state index is 12.9. The van der Waals surface area contributed by atoms with Gasteiger partial charge in [0.05, 0.1) is 18.4 Å². The lowest BCUT2D eigenvalue weighted by Gasteiger charge is -2.10. The van der Waals surface area contributed by atoms with Crippen LogP contribution in [-0.2, 0) is 4.79 Å². The summed E-state index contributed by atoms with van der Waals surface area (Å²) < 4.78 is 5.42. The minimum Gasteiger partial charge on any atom is -0.496 e. The molecule has 0 aliphatic carbocycles. The summed E-state index contributed by atoms with van der Waals surface area (Å²) in [5.74, 6) is 0.113. The van der Waals surface area contributed by atoms with Crippen LogP contribution in [0.5, 0.6) is 5.75 Å². The Bertz CT molecular complexity index is 1230. The molecule has 1 aromatic heterocycles. The third-order valence-corrected chi connectivity index (χ3v) is 5.30. The van der Waals surface area contributed by atoms with Crippen molar-refractivity contribution in [1.29, 1.82) is 0 Å². The summed E-state index contributed by atoms with van der Waals surface area (Å²) in [5, 5.41) is 9.93. The molecule has 0 bridgehead atoms. The molecule has 2 amide bonds. The Labute approximate surface area is 177 Å². The number of ether oxygens (including phenoxy) is 1. The molecule has 1 heterocycles. The normalized spacial score (nSPS) is 10.6. The standard InChI is InChI=1S/C23H19N3O3S/c1-14(27)24-18-9-7-15(8-10-18)20-13-30-23(25-20)26-22(28)19-11-16-5-3-4-6-17(16)12-21(19)29-2/h3-13H,1-2H3,(H,24,27)(H,25,26,28). The van der Waals surface area contributed by atoms with Gasteiger partial charge in [0, 0.05) is 23.6 Å². The molecule has 0 spiro atoms.